The van der Waals surface area contributed by atoms with Crippen LogP contribution in [-0.2, 0) is 43.4 Å². The van der Waals surface area contributed by atoms with Crippen molar-refractivity contribution in [2.75, 3.05) is 0 Å². The van der Waals surface area contributed by atoms with Gasteiger partial charge >= 0.3 is 0 Å². The summed E-state index contributed by atoms with van der Waals surface area (Å²) in [5.41, 5.74) is 0. The minimum Gasteiger partial charge on any atom is -0.0654 e. The number of hydrogen-bond donors (Lipinski definition) is 0. The van der Waals surface area contributed by atoms with Crippen LogP contribution in [0.4, 0.5) is 0 Å². The fourth-order valence-corrected chi connectivity index (χ4v) is 0. The first-order valence-electron chi connectivity index (χ1n) is 1.91. The van der Waals surface area contributed by atoms with Gasteiger partial charge in [-0.3, -0.25) is 0 Å². The molecule has 0 heterocycles. The summed E-state index contributed by atoms with van der Waals surface area (Å²) in [6.45, 7) is 4.36. The Morgan fingerprint density at radius 3 is 1.00 bits per heavy atom. The molecule has 0 rings (SSSR count). The summed E-state index contributed by atoms with van der Waals surface area (Å²) in [7, 11) is 0. The summed E-state index contributed by atoms with van der Waals surface area (Å²) in [6.07, 6.45) is 2.64. The van der Waals surface area contributed by atoms with Gasteiger partial charge in [0, 0.05) is 43.4 Å². The number of rotatable bonds is 1. The zero-order chi connectivity index (χ0) is 3.41. The van der Waals surface area contributed by atoms with E-state index in [1.807, 2.05) is 0 Å². The summed E-state index contributed by atoms with van der Waals surface area (Å²) in [5.74, 6) is 0. The maximum Gasteiger partial charge on any atom is 0 e. The predicted molar refractivity (Wildman–Crippen MR) is 20.6 cm³/mol. The molecule has 0 aliphatic heterocycles. The second-order valence-corrected chi connectivity index (χ2v) is 1.000. The van der Waals surface area contributed by atoms with Gasteiger partial charge in [-0.1, -0.05) is 26.7 Å². The molecule has 0 atom stereocenters. The first-order chi connectivity index (χ1) is 1.91. The predicted octanol–water partition coefficient (Wildman–Crippen LogP) is 1.80. The average molecular weight is 154 g/mol. The second-order valence-electron chi connectivity index (χ2n) is 1.000. The van der Waals surface area contributed by atoms with Crippen molar-refractivity contribution in [2.45, 2.75) is 26.7 Å². The third-order valence-corrected chi connectivity index (χ3v) is 0.500. The summed E-state index contributed by atoms with van der Waals surface area (Å²) < 4.78 is 0. The summed E-state index contributed by atoms with van der Waals surface area (Å²) in [4.78, 5) is 0. The fraction of sp³-hybridized carbons (Fsp3) is 1.00. The van der Waals surface area contributed by atoms with Crippen molar-refractivity contribution in [1.29, 1.82) is 0 Å². The van der Waals surface area contributed by atoms with Crippen LogP contribution in [0, 0.1) is 0 Å². The van der Waals surface area contributed by atoms with Gasteiger partial charge in [-0.2, -0.15) is 0 Å². The maximum absolute atomic E-state index is 2.18. The molecule has 6 heavy (non-hydrogen) atoms. The van der Waals surface area contributed by atoms with Gasteiger partial charge in [0.1, 0.15) is 0 Å². The van der Waals surface area contributed by atoms with Crippen LogP contribution in [0.25, 0.3) is 0 Å². The van der Waals surface area contributed by atoms with Crippen molar-refractivity contribution in [3.63, 3.8) is 0 Å². The van der Waals surface area contributed by atoms with Gasteiger partial charge in [-0.05, 0) is 0 Å². The van der Waals surface area contributed by atoms with E-state index < -0.39 is 0 Å². The smallest absolute Gasteiger partial charge is 0 e. The van der Waals surface area contributed by atoms with E-state index in [0.29, 0.717) is 0 Å². The van der Waals surface area contributed by atoms with Crippen LogP contribution < -0.4 is 0 Å². The van der Waals surface area contributed by atoms with Gasteiger partial charge in [-0.15, -0.1) is 0 Å². The van der Waals surface area contributed by atoms with Crippen LogP contribution in [0.2, 0.25) is 0 Å². The van der Waals surface area contributed by atoms with Crippen molar-refractivity contribution in [3.8, 4) is 0 Å². The normalized spacial score (nSPS) is 5.00. The Labute approximate surface area is 69.8 Å². The topological polar surface area (TPSA) is 0 Å². The molecule has 0 amide bonds. The second kappa shape index (κ2) is 16.1. The summed E-state index contributed by atoms with van der Waals surface area (Å²) >= 11 is 0. The average Bonchev–Trinajstić information content (AvgIpc) is 1.37. The van der Waals surface area contributed by atoms with Gasteiger partial charge < -0.3 is 0 Å². The molecular weight excluding hydrogens is 144 g/mol. The molecular formula is C4H10Ti2. The van der Waals surface area contributed by atoms with Crippen molar-refractivity contribution in [2.24, 2.45) is 0 Å². The van der Waals surface area contributed by atoms with E-state index in [1.54, 1.807) is 0 Å². The molecule has 0 aliphatic rings. The molecule has 34 valence electrons. The zero-order valence-corrected chi connectivity index (χ0v) is 7.54. The van der Waals surface area contributed by atoms with Crippen LogP contribution in [0.1, 0.15) is 26.7 Å². The van der Waals surface area contributed by atoms with Gasteiger partial charge in [0.15, 0.2) is 0 Å². The molecule has 2 heteroatoms. The monoisotopic (exact) mass is 154 g/mol. The molecule has 0 aliphatic carbocycles. The van der Waals surface area contributed by atoms with Gasteiger partial charge in [-0.25, -0.2) is 0 Å². The van der Waals surface area contributed by atoms with E-state index in [4.69, 9.17) is 0 Å². The molecule has 0 N–H and O–H groups in total. The number of hydrogen-bond acceptors (Lipinski definition) is 0. The quantitative estimate of drug-likeness (QED) is 0.505. The third-order valence-electron chi connectivity index (χ3n) is 0.500. The molecule has 0 unspecified atom stereocenters. The summed E-state index contributed by atoms with van der Waals surface area (Å²) in [6, 6.07) is 0. The van der Waals surface area contributed by atoms with E-state index in [1.165, 1.54) is 12.8 Å². The molecule has 0 bridgehead atoms. The van der Waals surface area contributed by atoms with Gasteiger partial charge in [0.25, 0.3) is 0 Å². The van der Waals surface area contributed by atoms with Crippen LogP contribution >= 0.6 is 0 Å². The molecule has 0 aromatic rings. The first kappa shape index (κ1) is 15.7. The minimum absolute atomic E-state index is 0. The SMILES string of the molecule is CCCC.[Ti].[Ti]. The fourth-order valence-electron chi connectivity index (χ4n) is 0. The standard InChI is InChI=1S/C4H10.2Ti/c1-3-4-2;;/h3-4H2,1-2H3;;. The van der Waals surface area contributed by atoms with Crippen molar-refractivity contribution < 1.29 is 43.4 Å². The molecule has 0 aromatic carbocycles. The molecule has 0 spiro atoms. The molecule has 0 radical (unpaired) electrons. The molecule has 0 saturated heterocycles. The Balaban J connectivity index is -0.0000000450. The molecule has 0 fully saturated rings. The van der Waals surface area contributed by atoms with Crippen LogP contribution in [-0.4, -0.2) is 0 Å². The van der Waals surface area contributed by atoms with E-state index in [2.05, 4.69) is 13.8 Å². The molecule has 0 aromatic heterocycles. The van der Waals surface area contributed by atoms with Crippen molar-refractivity contribution in [3.05, 3.63) is 0 Å². The molecule has 0 saturated carbocycles. The van der Waals surface area contributed by atoms with Crippen molar-refractivity contribution in [1.82, 2.24) is 0 Å². The first-order valence-corrected chi connectivity index (χ1v) is 1.91. The van der Waals surface area contributed by atoms with Crippen LogP contribution in [0.3, 0.4) is 0 Å². The van der Waals surface area contributed by atoms with E-state index in [9.17, 15) is 0 Å². The van der Waals surface area contributed by atoms with E-state index >= 15 is 0 Å². The number of unbranched alkanes of at least 4 members (excludes halogenated alkanes) is 1. The van der Waals surface area contributed by atoms with E-state index in [0.717, 1.165) is 0 Å². The van der Waals surface area contributed by atoms with Gasteiger partial charge in [0.05, 0.1) is 0 Å². The largest absolute Gasteiger partial charge is 0.0654 e. The maximum atomic E-state index is 2.18. The Bertz CT molecular complexity index is 7.51. The van der Waals surface area contributed by atoms with Crippen molar-refractivity contribution >= 4 is 0 Å². The Hall–Kier alpha value is 1.43. The summed E-state index contributed by atoms with van der Waals surface area (Å²) in [5, 5.41) is 0. The minimum atomic E-state index is 0. The Morgan fingerprint density at radius 1 is 0.833 bits per heavy atom. The molecule has 0 nitrogen and oxygen atoms in total. The van der Waals surface area contributed by atoms with Crippen LogP contribution in [0.5, 0.6) is 0 Å². The zero-order valence-electron chi connectivity index (χ0n) is 4.41. The Morgan fingerprint density at radius 2 is 1.00 bits per heavy atom. The van der Waals surface area contributed by atoms with Gasteiger partial charge in [0.2, 0.25) is 0 Å². The van der Waals surface area contributed by atoms with Crippen LogP contribution in [0.15, 0.2) is 0 Å². The van der Waals surface area contributed by atoms with E-state index in [-0.39, 0.29) is 43.4 Å². The Kier molecular flexibility index (Phi) is 42.0. The third kappa shape index (κ3) is 18.1.